The zero-order valence-corrected chi connectivity index (χ0v) is 19.5. The van der Waals surface area contributed by atoms with E-state index in [1.807, 2.05) is 42.5 Å². The fourth-order valence-corrected chi connectivity index (χ4v) is 4.14. The van der Waals surface area contributed by atoms with Gasteiger partial charge in [-0.3, -0.25) is 14.4 Å². The van der Waals surface area contributed by atoms with Gasteiger partial charge < -0.3 is 21.5 Å². The number of benzene rings is 4. The summed E-state index contributed by atoms with van der Waals surface area (Å²) in [5.74, 6) is -1.99. The molecule has 0 fully saturated rings. The van der Waals surface area contributed by atoms with E-state index >= 15 is 0 Å². The maximum atomic E-state index is 13.1. The highest BCUT2D eigenvalue weighted by atomic mass is 16.3. The molecule has 4 rings (SSSR count). The SMILES string of the molecule is NC(=O)[C@H](Cc1cccc2ccccc12)NC(=O)[C@H](O)[C@@H](NC(=O)c1ccccc1)c1ccccc1. The molecule has 4 aromatic rings. The largest absolute Gasteiger partial charge is 0.381 e. The molecule has 36 heavy (non-hydrogen) atoms. The maximum Gasteiger partial charge on any atom is 0.252 e. The van der Waals surface area contributed by atoms with E-state index in [1.165, 1.54) is 0 Å². The number of rotatable bonds is 9. The molecule has 182 valence electrons. The molecular weight excluding hydrogens is 454 g/mol. The lowest BCUT2D eigenvalue weighted by Gasteiger charge is -2.26. The molecule has 3 amide bonds. The van der Waals surface area contributed by atoms with Crippen LogP contribution in [-0.2, 0) is 16.0 Å². The Balaban J connectivity index is 1.55. The lowest BCUT2D eigenvalue weighted by atomic mass is 9.97. The van der Waals surface area contributed by atoms with Crippen molar-refractivity contribution >= 4 is 28.5 Å². The molecule has 0 radical (unpaired) electrons. The van der Waals surface area contributed by atoms with E-state index in [1.54, 1.807) is 60.7 Å². The fourth-order valence-electron chi connectivity index (χ4n) is 4.14. The third kappa shape index (κ3) is 5.76. The number of fused-ring (bicyclic) bond motifs is 1. The standard InChI is InChI=1S/C29H27N3O4/c30-27(34)24(18-22-16-9-15-19-10-7-8-17-23(19)22)31-29(36)26(33)25(20-11-3-1-4-12-20)32-28(35)21-13-5-2-6-14-21/h1-17,24-26,33H,18H2,(H2,30,34)(H,31,36)(H,32,35)/t24-,25-,26+/m0/s1. The molecule has 0 saturated heterocycles. The van der Waals surface area contributed by atoms with Gasteiger partial charge in [-0.15, -0.1) is 0 Å². The van der Waals surface area contributed by atoms with Crippen LogP contribution in [0.25, 0.3) is 10.8 Å². The van der Waals surface area contributed by atoms with Crippen LogP contribution in [0.3, 0.4) is 0 Å². The number of hydrogen-bond acceptors (Lipinski definition) is 4. The molecule has 0 bridgehead atoms. The van der Waals surface area contributed by atoms with Crippen molar-refractivity contribution in [2.45, 2.75) is 24.6 Å². The van der Waals surface area contributed by atoms with Gasteiger partial charge in [0.2, 0.25) is 5.91 Å². The molecule has 0 aliphatic heterocycles. The van der Waals surface area contributed by atoms with E-state index in [0.717, 1.165) is 16.3 Å². The van der Waals surface area contributed by atoms with Crippen LogP contribution in [0.4, 0.5) is 0 Å². The summed E-state index contributed by atoms with van der Waals surface area (Å²) >= 11 is 0. The molecule has 0 aliphatic rings. The minimum Gasteiger partial charge on any atom is -0.381 e. The Bertz CT molecular complexity index is 1350. The van der Waals surface area contributed by atoms with Gasteiger partial charge in [-0.05, 0) is 34.0 Å². The van der Waals surface area contributed by atoms with Gasteiger partial charge in [0.1, 0.15) is 6.04 Å². The molecule has 3 atom stereocenters. The second kappa shape index (κ2) is 11.3. The fraction of sp³-hybridized carbons (Fsp3) is 0.138. The number of nitrogens with one attached hydrogen (secondary N) is 2. The van der Waals surface area contributed by atoms with Gasteiger partial charge in [-0.1, -0.05) is 91.0 Å². The molecule has 0 aromatic heterocycles. The van der Waals surface area contributed by atoms with Gasteiger partial charge in [-0.2, -0.15) is 0 Å². The molecular formula is C29H27N3O4. The quantitative estimate of drug-likeness (QED) is 0.294. The lowest BCUT2D eigenvalue weighted by molar-refractivity contribution is -0.134. The third-order valence-corrected chi connectivity index (χ3v) is 6.03. The number of carbonyl (C=O) groups is 3. The van der Waals surface area contributed by atoms with Crippen molar-refractivity contribution in [2.75, 3.05) is 0 Å². The molecule has 0 heterocycles. The Morgan fingerprint density at radius 1 is 0.750 bits per heavy atom. The van der Waals surface area contributed by atoms with Crippen LogP contribution in [0.5, 0.6) is 0 Å². The zero-order chi connectivity index (χ0) is 25.5. The highest BCUT2D eigenvalue weighted by Crippen LogP contribution is 2.21. The molecule has 0 aliphatic carbocycles. The van der Waals surface area contributed by atoms with Crippen molar-refractivity contribution < 1.29 is 19.5 Å². The van der Waals surface area contributed by atoms with Crippen LogP contribution in [0.15, 0.2) is 103 Å². The summed E-state index contributed by atoms with van der Waals surface area (Å²) in [6.45, 7) is 0. The Morgan fingerprint density at radius 2 is 1.36 bits per heavy atom. The molecule has 0 saturated carbocycles. The number of amides is 3. The highest BCUT2D eigenvalue weighted by molar-refractivity contribution is 5.95. The Hall–Kier alpha value is -4.49. The molecule has 0 spiro atoms. The van der Waals surface area contributed by atoms with E-state index in [2.05, 4.69) is 10.6 Å². The molecule has 0 unspecified atom stereocenters. The Labute approximate surface area is 209 Å². The van der Waals surface area contributed by atoms with Gasteiger partial charge in [0.05, 0.1) is 6.04 Å². The topological polar surface area (TPSA) is 122 Å². The van der Waals surface area contributed by atoms with E-state index < -0.39 is 35.9 Å². The van der Waals surface area contributed by atoms with E-state index in [4.69, 9.17) is 5.73 Å². The number of carbonyl (C=O) groups excluding carboxylic acids is 3. The van der Waals surface area contributed by atoms with Crippen LogP contribution >= 0.6 is 0 Å². The average molecular weight is 482 g/mol. The summed E-state index contributed by atoms with van der Waals surface area (Å²) in [5.41, 5.74) is 7.38. The smallest absolute Gasteiger partial charge is 0.252 e. The van der Waals surface area contributed by atoms with E-state index in [9.17, 15) is 19.5 Å². The van der Waals surface area contributed by atoms with Crippen molar-refractivity contribution in [1.29, 1.82) is 0 Å². The third-order valence-electron chi connectivity index (χ3n) is 6.03. The maximum absolute atomic E-state index is 13.1. The molecule has 5 N–H and O–H groups in total. The average Bonchev–Trinajstić information content (AvgIpc) is 2.91. The minimum atomic E-state index is -1.67. The first-order valence-electron chi connectivity index (χ1n) is 11.6. The predicted molar refractivity (Wildman–Crippen MR) is 138 cm³/mol. The first-order valence-corrected chi connectivity index (χ1v) is 11.6. The summed E-state index contributed by atoms with van der Waals surface area (Å²) in [4.78, 5) is 38.2. The Morgan fingerprint density at radius 3 is 2.06 bits per heavy atom. The first-order chi connectivity index (χ1) is 17.4. The zero-order valence-electron chi connectivity index (χ0n) is 19.5. The van der Waals surface area contributed by atoms with Gasteiger partial charge >= 0.3 is 0 Å². The van der Waals surface area contributed by atoms with Crippen molar-refractivity contribution in [3.8, 4) is 0 Å². The van der Waals surface area contributed by atoms with Crippen LogP contribution < -0.4 is 16.4 Å². The van der Waals surface area contributed by atoms with Gasteiger partial charge in [0.25, 0.3) is 11.8 Å². The summed E-state index contributed by atoms with van der Waals surface area (Å²) in [7, 11) is 0. The normalized spacial score (nSPS) is 13.4. The number of hydrogen-bond donors (Lipinski definition) is 4. The number of primary amides is 1. The van der Waals surface area contributed by atoms with Crippen LogP contribution in [0, 0.1) is 0 Å². The monoisotopic (exact) mass is 481 g/mol. The second-order valence-corrected chi connectivity index (χ2v) is 8.48. The predicted octanol–water partition coefficient (Wildman–Crippen LogP) is 2.88. The van der Waals surface area contributed by atoms with Crippen LogP contribution in [-0.4, -0.2) is 35.0 Å². The number of aliphatic hydroxyl groups excluding tert-OH is 1. The minimum absolute atomic E-state index is 0.154. The van der Waals surface area contributed by atoms with Gasteiger partial charge in [0, 0.05) is 12.0 Å². The van der Waals surface area contributed by atoms with Crippen molar-refractivity contribution in [2.24, 2.45) is 5.73 Å². The highest BCUT2D eigenvalue weighted by Gasteiger charge is 2.32. The second-order valence-electron chi connectivity index (χ2n) is 8.48. The lowest BCUT2D eigenvalue weighted by Crippen LogP contribution is -2.52. The number of aliphatic hydroxyl groups is 1. The van der Waals surface area contributed by atoms with Gasteiger partial charge in [0.15, 0.2) is 6.10 Å². The summed E-state index contributed by atoms with van der Waals surface area (Å²) in [6.07, 6.45) is -1.52. The van der Waals surface area contributed by atoms with Crippen LogP contribution in [0.1, 0.15) is 27.5 Å². The van der Waals surface area contributed by atoms with Crippen molar-refractivity contribution in [1.82, 2.24) is 10.6 Å². The number of nitrogens with two attached hydrogens (primary N) is 1. The molecule has 7 heteroatoms. The van der Waals surface area contributed by atoms with Gasteiger partial charge in [-0.25, -0.2) is 0 Å². The van der Waals surface area contributed by atoms with Crippen LogP contribution in [0.2, 0.25) is 0 Å². The van der Waals surface area contributed by atoms with Crippen molar-refractivity contribution in [3.05, 3.63) is 120 Å². The summed E-state index contributed by atoms with van der Waals surface area (Å²) in [6, 6.07) is 28.5. The van der Waals surface area contributed by atoms with Crippen molar-refractivity contribution in [3.63, 3.8) is 0 Å². The summed E-state index contributed by atoms with van der Waals surface area (Å²) < 4.78 is 0. The molecule has 7 nitrogen and oxygen atoms in total. The molecule has 4 aromatic carbocycles. The first kappa shape index (κ1) is 24.6. The Kier molecular flexibility index (Phi) is 7.72. The van der Waals surface area contributed by atoms with E-state index in [-0.39, 0.29) is 6.42 Å². The summed E-state index contributed by atoms with van der Waals surface area (Å²) in [5, 5.41) is 18.3. The van der Waals surface area contributed by atoms with E-state index in [0.29, 0.717) is 11.1 Å².